The molecule has 6 heteroatoms. The third-order valence-corrected chi connectivity index (χ3v) is 3.95. The van der Waals surface area contributed by atoms with Crippen LogP contribution in [0.1, 0.15) is 21.8 Å². The van der Waals surface area contributed by atoms with E-state index in [1.807, 2.05) is 0 Å². The lowest BCUT2D eigenvalue weighted by Crippen LogP contribution is -2.54. The monoisotopic (exact) mass is 334 g/mol. The Labute approximate surface area is 139 Å². The van der Waals surface area contributed by atoms with Crippen LogP contribution in [0.2, 0.25) is 0 Å². The van der Waals surface area contributed by atoms with Crippen molar-refractivity contribution in [3.8, 4) is 0 Å². The molecule has 0 saturated heterocycles. The molecule has 0 heterocycles. The SMILES string of the molecule is NCC(F)(F)C(O)C(N)C(C(=O)c1ccccc1)c1ccccc1. The topological polar surface area (TPSA) is 89.3 Å². The molecular formula is C18H20F2N2O2. The van der Waals surface area contributed by atoms with Gasteiger partial charge in [0.1, 0.15) is 6.10 Å². The first kappa shape index (κ1) is 18.2. The number of aliphatic hydroxyl groups is 1. The highest BCUT2D eigenvalue weighted by molar-refractivity contribution is 6.01. The number of hydrogen-bond donors (Lipinski definition) is 3. The van der Waals surface area contributed by atoms with Crippen LogP contribution in [0, 0.1) is 0 Å². The van der Waals surface area contributed by atoms with Crippen LogP contribution in [0.4, 0.5) is 8.78 Å². The van der Waals surface area contributed by atoms with E-state index in [2.05, 4.69) is 0 Å². The number of carbonyl (C=O) groups excluding carboxylic acids is 1. The zero-order valence-corrected chi connectivity index (χ0v) is 13.0. The molecule has 0 bridgehead atoms. The third-order valence-electron chi connectivity index (χ3n) is 3.95. The van der Waals surface area contributed by atoms with Gasteiger partial charge in [-0.05, 0) is 5.56 Å². The van der Waals surface area contributed by atoms with Crippen LogP contribution in [0.5, 0.6) is 0 Å². The molecule has 5 N–H and O–H groups in total. The predicted octanol–water partition coefficient (Wildman–Crippen LogP) is 1.94. The van der Waals surface area contributed by atoms with Crippen LogP contribution in [0.15, 0.2) is 60.7 Å². The molecule has 0 aliphatic carbocycles. The van der Waals surface area contributed by atoms with Crippen LogP contribution in [0.3, 0.4) is 0 Å². The normalized spacial score (nSPS) is 15.5. The average molecular weight is 334 g/mol. The smallest absolute Gasteiger partial charge is 0.286 e. The molecule has 24 heavy (non-hydrogen) atoms. The predicted molar refractivity (Wildman–Crippen MR) is 87.9 cm³/mol. The number of nitrogens with two attached hydrogens (primary N) is 2. The minimum Gasteiger partial charge on any atom is -0.385 e. The van der Waals surface area contributed by atoms with E-state index in [-0.39, 0.29) is 0 Å². The first-order chi connectivity index (χ1) is 11.4. The number of alkyl halides is 2. The van der Waals surface area contributed by atoms with Gasteiger partial charge < -0.3 is 16.6 Å². The lowest BCUT2D eigenvalue weighted by atomic mass is 9.81. The van der Waals surface area contributed by atoms with Crippen LogP contribution in [0.25, 0.3) is 0 Å². The largest absolute Gasteiger partial charge is 0.385 e. The summed E-state index contributed by atoms with van der Waals surface area (Å²) in [4.78, 5) is 12.8. The van der Waals surface area contributed by atoms with E-state index in [0.717, 1.165) is 0 Å². The van der Waals surface area contributed by atoms with Gasteiger partial charge in [-0.25, -0.2) is 8.78 Å². The van der Waals surface area contributed by atoms with Gasteiger partial charge in [0.2, 0.25) is 0 Å². The number of hydrogen-bond acceptors (Lipinski definition) is 4. The van der Waals surface area contributed by atoms with Crippen molar-refractivity contribution in [1.29, 1.82) is 0 Å². The zero-order valence-electron chi connectivity index (χ0n) is 13.0. The molecule has 0 fully saturated rings. The number of benzene rings is 2. The fraction of sp³-hybridized carbons (Fsp3) is 0.278. The van der Waals surface area contributed by atoms with Gasteiger partial charge in [0.15, 0.2) is 5.78 Å². The summed E-state index contributed by atoms with van der Waals surface area (Å²) in [5.74, 6) is -5.12. The van der Waals surface area contributed by atoms with E-state index in [0.29, 0.717) is 11.1 Å². The van der Waals surface area contributed by atoms with Crippen molar-refractivity contribution in [1.82, 2.24) is 0 Å². The van der Waals surface area contributed by atoms with Crippen LogP contribution >= 0.6 is 0 Å². The summed E-state index contributed by atoms with van der Waals surface area (Å²) in [5.41, 5.74) is 11.7. The maximum Gasteiger partial charge on any atom is 0.286 e. The van der Waals surface area contributed by atoms with Crippen molar-refractivity contribution in [3.05, 3.63) is 71.8 Å². The number of halogens is 2. The van der Waals surface area contributed by atoms with Crippen molar-refractivity contribution in [2.24, 2.45) is 11.5 Å². The van der Waals surface area contributed by atoms with Gasteiger partial charge in [-0.2, -0.15) is 0 Å². The lowest BCUT2D eigenvalue weighted by molar-refractivity contribution is -0.111. The molecule has 0 aromatic heterocycles. The van der Waals surface area contributed by atoms with Gasteiger partial charge in [-0.1, -0.05) is 60.7 Å². The standard InChI is InChI=1S/C18H20F2N2O2/c19-18(20,11-21)17(24)15(22)14(12-7-3-1-4-8-12)16(23)13-9-5-2-6-10-13/h1-10,14-15,17,24H,11,21-22H2. The van der Waals surface area contributed by atoms with Crippen LogP contribution < -0.4 is 11.5 Å². The lowest BCUT2D eigenvalue weighted by Gasteiger charge is -2.31. The molecule has 3 unspecified atom stereocenters. The Balaban J connectivity index is 2.42. The molecule has 0 saturated carbocycles. The first-order valence-corrected chi connectivity index (χ1v) is 7.54. The number of rotatable bonds is 7. The minimum absolute atomic E-state index is 0.338. The number of carbonyl (C=O) groups is 1. The molecule has 2 aromatic rings. The number of Topliss-reactive ketones (excluding diaryl/α,β-unsaturated/α-hetero) is 1. The summed E-state index contributed by atoms with van der Waals surface area (Å²) in [5, 5.41) is 9.97. The van der Waals surface area contributed by atoms with Gasteiger partial charge in [0, 0.05) is 5.56 Å². The second kappa shape index (κ2) is 7.61. The quantitative estimate of drug-likeness (QED) is 0.675. The molecule has 0 spiro atoms. The zero-order chi connectivity index (χ0) is 17.7. The van der Waals surface area contributed by atoms with E-state index in [4.69, 9.17) is 11.5 Å². The second-order valence-electron chi connectivity index (χ2n) is 5.61. The number of ketones is 1. The summed E-state index contributed by atoms with van der Waals surface area (Å²) in [7, 11) is 0. The van der Waals surface area contributed by atoms with Crippen molar-refractivity contribution in [2.45, 2.75) is 24.0 Å². The van der Waals surface area contributed by atoms with Crippen molar-refractivity contribution in [2.75, 3.05) is 6.54 Å². The molecule has 4 nitrogen and oxygen atoms in total. The molecule has 2 aromatic carbocycles. The highest BCUT2D eigenvalue weighted by Crippen LogP contribution is 2.30. The molecule has 2 rings (SSSR count). The van der Waals surface area contributed by atoms with E-state index in [9.17, 15) is 18.7 Å². The fourth-order valence-electron chi connectivity index (χ4n) is 2.58. The molecule has 3 atom stereocenters. The van der Waals surface area contributed by atoms with E-state index in [1.165, 1.54) is 0 Å². The van der Waals surface area contributed by atoms with E-state index in [1.54, 1.807) is 60.7 Å². The second-order valence-corrected chi connectivity index (χ2v) is 5.61. The fourth-order valence-corrected chi connectivity index (χ4v) is 2.58. The van der Waals surface area contributed by atoms with Gasteiger partial charge in [0.05, 0.1) is 18.5 Å². The molecule has 128 valence electrons. The average Bonchev–Trinajstić information content (AvgIpc) is 2.62. The Morgan fingerprint density at radius 2 is 1.54 bits per heavy atom. The van der Waals surface area contributed by atoms with Crippen molar-refractivity contribution >= 4 is 5.78 Å². The third kappa shape index (κ3) is 3.84. The Morgan fingerprint density at radius 3 is 2.04 bits per heavy atom. The maximum absolute atomic E-state index is 13.8. The summed E-state index contributed by atoms with van der Waals surface area (Å²) >= 11 is 0. The Hall–Kier alpha value is -2.15. The Bertz CT molecular complexity index is 665. The van der Waals surface area contributed by atoms with Crippen LogP contribution in [-0.4, -0.2) is 35.5 Å². The summed E-state index contributed by atoms with van der Waals surface area (Å²) in [6.45, 7) is -1.05. The van der Waals surface area contributed by atoms with Gasteiger partial charge in [-0.15, -0.1) is 0 Å². The molecule has 0 aliphatic heterocycles. The maximum atomic E-state index is 13.8. The first-order valence-electron chi connectivity index (χ1n) is 7.54. The van der Waals surface area contributed by atoms with E-state index >= 15 is 0 Å². The molecule has 0 radical (unpaired) electrons. The highest BCUT2D eigenvalue weighted by atomic mass is 19.3. The van der Waals surface area contributed by atoms with Gasteiger partial charge in [-0.3, -0.25) is 4.79 Å². The van der Waals surface area contributed by atoms with Gasteiger partial charge in [0.25, 0.3) is 5.92 Å². The van der Waals surface area contributed by atoms with Crippen molar-refractivity contribution in [3.63, 3.8) is 0 Å². The van der Waals surface area contributed by atoms with Gasteiger partial charge >= 0.3 is 0 Å². The van der Waals surface area contributed by atoms with Crippen molar-refractivity contribution < 1.29 is 18.7 Å². The van der Waals surface area contributed by atoms with E-state index < -0.39 is 36.3 Å². The number of aliphatic hydroxyl groups excluding tert-OH is 1. The Kier molecular flexibility index (Phi) is 5.77. The minimum atomic E-state index is -3.58. The highest BCUT2D eigenvalue weighted by Gasteiger charge is 2.45. The molecule has 0 aliphatic rings. The summed E-state index contributed by atoms with van der Waals surface area (Å²) in [6.07, 6.45) is -2.24. The molecular weight excluding hydrogens is 314 g/mol. The van der Waals surface area contributed by atoms with Crippen LogP contribution in [-0.2, 0) is 0 Å². The molecule has 0 amide bonds. The Morgan fingerprint density at radius 1 is 1.04 bits per heavy atom. The summed E-state index contributed by atoms with van der Waals surface area (Å²) in [6, 6.07) is 15.1. The summed E-state index contributed by atoms with van der Waals surface area (Å²) < 4.78 is 27.5.